The fourth-order valence-electron chi connectivity index (χ4n) is 3.26. The topological polar surface area (TPSA) is 81.4 Å². The van der Waals surface area contributed by atoms with Gasteiger partial charge in [0.05, 0.1) is 19.1 Å². The van der Waals surface area contributed by atoms with E-state index in [1.165, 1.54) is 6.42 Å². The summed E-state index contributed by atoms with van der Waals surface area (Å²) in [5.41, 5.74) is 5.77. The molecule has 0 spiro atoms. The molecule has 1 atom stereocenters. The Kier molecular flexibility index (Phi) is 7.87. The van der Waals surface area contributed by atoms with Crippen molar-refractivity contribution in [2.75, 3.05) is 13.2 Å². The first kappa shape index (κ1) is 18.9. The Morgan fingerprint density at radius 1 is 1.23 bits per heavy atom. The van der Waals surface area contributed by atoms with Gasteiger partial charge in [0.2, 0.25) is 5.91 Å². The molecule has 1 unspecified atom stereocenters. The van der Waals surface area contributed by atoms with E-state index in [0.717, 1.165) is 25.7 Å². The van der Waals surface area contributed by atoms with E-state index in [2.05, 4.69) is 19.2 Å². The lowest BCUT2D eigenvalue weighted by molar-refractivity contribution is -0.146. The van der Waals surface area contributed by atoms with Gasteiger partial charge in [-0.1, -0.05) is 33.1 Å². The Bertz CT molecular complexity index is 363. The number of nitrogens with one attached hydrogen (secondary N) is 1. The third kappa shape index (κ3) is 6.34. The highest BCUT2D eigenvalue weighted by Gasteiger charge is 2.35. The maximum Gasteiger partial charge on any atom is 0.306 e. The first-order chi connectivity index (χ1) is 10.4. The van der Waals surface area contributed by atoms with Crippen molar-refractivity contribution in [3.63, 3.8) is 0 Å². The summed E-state index contributed by atoms with van der Waals surface area (Å²) in [4.78, 5) is 24.0. The quantitative estimate of drug-likeness (QED) is 0.674. The lowest BCUT2D eigenvalue weighted by Crippen LogP contribution is -2.47. The maximum atomic E-state index is 12.1. The van der Waals surface area contributed by atoms with Gasteiger partial charge < -0.3 is 15.8 Å². The Morgan fingerprint density at radius 3 is 2.41 bits per heavy atom. The van der Waals surface area contributed by atoms with Gasteiger partial charge in [0.1, 0.15) is 0 Å². The monoisotopic (exact) mass is 312 g/mol. The fourth-order valence-corrected chi connectivity index (χ4v) is 3.26. The van der Waals surface area contributed by atoms with Crippen LogP contribution in [0.3, 0.4) is 0 Å². The van der Waals surface area contributed by atoms with Crippen LogP contribution in [-0.2, 0) is 14.3 Å². The van der Waals surface area contributed by atoms with Crippen LogP contribution >= 0.6 is 0 Å². The average Bonchev–Trinajstić information content (AvgIpc) is 2.45. The summed E-state index contributed by atoms with van der Waals surface area (Å²) >= 11 is 0. The molecular weight excluding hydrogens is 280 g/mol. The summed E-state index contributed by atoms with van der Waals surface area (Å²) in [6.45, 7) is 6.85. The molecule has 1 saturated carbocycles. The number of hydrogen-bond acceptors (Lipinski definition) is 4. The third-order valence-corrected chi connectivity index (χ3v) is 4.44. The Labute approximate surface area is 134 Å². The predicted molar refractivity (Wildman–Crippen MR) is 87.2 cm³/mol. The van der Waals surface area contributed by atoms with Crippen LogP contribution in [0.2, 0.25) is 0 Å². The van der Waals surface area contributed by atoms with Crippen LogP contribution in [0.4, 0.5) is 0 Å². The van der Waals surface area contributed by atoms with Crippen LogP contribution < -0.4 is 11.1 Å². The molecule has 5 heteroatoms. The van der Waals surface area contributed by atoms with Gasteiger partial charge in [-0.25, -0.2) is 0 Å². The highest BCUT2D eigenvalue weighted by atomic mass is 16.5. The molecule has 0 aromatic carbocycles. The van der Waals surface area contributed by atoms with Gasteiger partial charge in [0.15, 0.2) is 0 Å². The second-order valence-corrected chi connectivity index (χ2v) is 7.00. The molecule has 0 heterocycles. The average molecular weight is 312 g/mol. The van der Waals surface area contributed by atoms with Crippen LogP contribution in [0.1, 0.15) is 65.7 Å². The summed E-state index contributed by atoms with van der Waals surface area (Å²) < 4.78 is 5.10. The molecule has 1 amide bonds. The van der Waals surface area contributed by atoms with E-state index in [1.54, 1.807) is 0 Å². The van der Waals surface area contributed by atoms with E-state index >= 15 is 0 Å². The summed E-state index contributed by atoms with van der Waals surface area (Å²) in [6.07, 6.45) is 6.40. The fraction of sp³-hybridized carbons (Fsp3) is 0.882. The summed E-state index contributed by atoms with van der Waals surface area (Å²) in [5, 5.41) is 2.97. The molecule has 0 aromatic heterocycles. The molecule has 22 heavy (non-hydrogen) atoms. The standard InChI is InChI=1S/C17H32N2O3/c1-4-22-15(20)11-17(8-6-5-7-9-17)12-19-16(21)14(18)10-13(2)3/h13-14H,4-12,18H2,1-3H3,(H,19,21). The molecule has 1 rings (SSSR count). The zero-order chi connectivity index (χ0) is 16.6. The van der Waals surface area contributed by atoms with Crippen molar-refractivity contribution in [3.05, 3.63) is 0 Å². The molecule has 3 N–H and O–H groups in total. The minimum absolute atomic E-state index is 0.109. The van der Waals surface area contributed by atoms with Crippen molar-refractivity contribution in [1.82, 2.24) is 5.32 Å². The van der Waals surface area contributed by atoms with E-state index in [1.807, 2.05) is 6.92 Å². The number of nitrogens with two attached hydrogens (primary N) is 1. The van der Waals surface area contributed by atoms with Gasteiger partial charge in [-0.05, 0) is 37.5 Å². The molecule has 0 saturated heterocycles. The predicted octanol–water partition coefficient (Wildman–Crippen LogP) is 2.38. The number of carbonyl (C=O) groups excluding carboxylic acids is 2. The van der Waals surface area contributed by atoms with Crippen molar-refractivity contribution in [2.24, 2.45) is 17.1 Å². The zero-order valence-corrected chi connectivity index (χ0v) is 14.3. The molecule has 1 fully saturated rings. The van der Waals surface area contributed by atoms with Crippen LogP contribution in [0.15, 0.2) is 0 Å². The van der Waals surface area contributed by atoms with Crippen molar-refractivity contribution in [2.45, 2.75) is 71.8 Å². The van der Waals surface area contributed by atoms with Gasteiger partial charge in [-0.15, -0.1) is 0 Å². The second-order valence-electron chi connectivity index (χ2n) is 7.00. The number of rotatable bonds is 8. The Morgan fingerprint density at radius 2 is 1.86 bits per heavy atom. The van der Waals surface area contributed by atoms with E-state index < -0.39 is 6.04 Å². The van der Waals surface area contributed by atoms with E-state index in [4.69, 9.17) is 10.5 Å². The minimum Gasteiger partial charge on any atom is -0.466 e. The van der Waals surface area contributed by atoms with Crippen molar-refractivity contribution in [3.8, 4) is 0 Å². The number of carbonyl (C=O) groups is 2. The van der Waals surface area contributed by atoms with Gasteiger partial charge in [-0.2, -0.15) is 0 Å². The van der Waals surface area contributed by atoms with E-state index in [-0.39, 0.29) is 17.3 Å². The number of amides is 1. The van der Waals surface area contributed by atoms with Gasteiger partial charge in [0.25, 0.3) is 0 Å². The maximum absolute atomic E-state index is 12.1. The molecule has 0 bridgehead atoms. The molecule has 1 aliphatic carbocycles. The Hall–Kier alpha value is -1.10. The summed E-state index contributed by atoms with van der Waals surface area (Å²) in [7, 11) is 0. The van der Waals surface area contributed by atoms with Crippen molar-refractivity contribution < 1.29 is 14.3 Å². The van der Waals surface area contributed by atoms with Gasteiger partial charge in [0, 0.05) is 6.54 Å². The minimum atomic E-state index is -0.469. The molecule has 5 nitrogen and oxygen atoms in total. The molecular formula is C17H32N2O3. The highest BCUT2D eigenvalue weighted by molar-refractivity contribution is 5.81. The normalized spacial score (nSPS) is 18.8. The van der Waals surface area contributed by atoms with Gasteiger partial charge >= 0.3 is 5.97 Å². The van der Waals surface area contributed by atoms with Crippen LogP contribution in [0, 0.1) is 11.3 Å². The van der Waals surface area contributed by atoms with E-state index in [0.29, 0.717) is 31.9 Å². The third-order valence-electron chi connectivity index (χ3n) is 4.44. The second kappa shape index (κ2) is 9.13. The van der Waals surface area contributed by atoms with E-state index in [9.17, 15) is 9.59 Å². The SMILES string of the molecule is CCOC(=O)CC1(CNC(=O)C(N)CC(C)C)CCCCC1. The largest absolute Gasteiger partial charge is 0.466 e. The lowest BCUT2D eigenvalue weighted by atomic mass is 9.71. The summed E-state index contributed by atoms with van der Waals surface area (Å²) in [5.74, 6) is 0.122. The first-order valence-corrected chi connectivity index (χ1v) is 8.57. The van der Waals surface area contributed by atoms with Crippen LogP contribution in [0.25, 0.3) is 0 Å². The zero-order valence-electron chi connectivity index (χ0n) is 14.3. The number of esters is 1. The lowest BCUT2D eigenvalue weighted by Gasteiger charge is -2.37. The van der Waals surface area contributed by atoms with Crippen molar-refractivity contribution in [1.29, 1.82) is 0 Å². The molecule has 128 valence electrons. The molecule has 0 aromatic rings. The number of ether oxygens (including phenoxy) is 1. The number of hydrogen-bond donors (Lipinski definition) is 2. The smallest absolute Gasteiger partial charge is 0.306 e. The van der Waals surface area contributed by atoms with Crippen molar-refractivity contribution >= 4 is 11.9 Å². The highest BCUT2D eigenvalue weighted by Crippen LogP contribution is 2.39. The summed E-state index contributed by atoms with van der Waals surface area (Å²) in [6, 6.07) is -0.469. The first-order valence-electron chi connectivity index (χ1n) is 8.57. The molecule has 0 aliphatic heterocycles. The van der Waals surface area contributed by atoms with Gasteiger partial charge in [-0.3, -0.25) is 9.59 Å². The Balaban J connectivity index is 2.57. The van der Waals surface area contributed by atoms with Crippen LogP contribution in [0.5, 0.6) is 0 Å². The van der Waals surface area contributed by atoms with Crippen LogP contribution in [-0.4, -0.2) is 31.1 Å². The molecule has 0 radical (unpaired) electrons. The molecule has 1 aliphatic rings.